The molecule has 3 rings (SSSR count). The lowest BCUT2D eigenvalue weighted by Gasteiger charge is -2.11. The van der Waals surface area contributed by atoms with Crippen LogP contribution < -0.4 is 0 Å². The van der Waals surface area contributed by atoms with Gasteiger partial charge in [-0.15, -0.1) is 0 Å². The topological polar surface area (TPSA) is 53.2 Å². The summed E-state index contributed by atoms with van der Waals surface area (Å²) in [6.07, 6.45) is 0.815. The monoisotopic (exact) mass is 356 g/mol. The summed E-state index contributed by atoms with van der Waals surface area (Å²) in [5, 5.41) is 1.11. The van der Waals surface area contributed by atoms with Gasteiger partial charge in [-0.3, -0.25) is 0 Å². The number of nitrogens with one attached hydrogen (secondary N) is 1. The van der Waals surface area contributed by atoms with Crippen LogP contribution >= 0.6 is 0 Å². The van der Waals surface area contributed by atoms with E-state index in [0.29, 0.717) is 4.90 Å². The lowest BCUT2D eigenvalue weighted by Crippen LogP contribution is -2.16. The maximum atomic E-state index is 12.8. The molecule has 25 heavy (non-hydrogen) atoms. The highest BCUT2D eigenvalue weighted by Crippen LogP contribution is 2.26. The smallest absolute Gasteiger partial charge is 0.183 e. The Morgan fingerprint density at radius 2 is 1.68 bits per heavy atom. The molecule has 2 aromatic carbocycles. The molecule has 0 aliphatic heterocycles. The number of nitrogens with zero attached hydrogens (tertiary/aromatic N) is 1. The Morgan fingerprint density at radius 1 is 1.00 bits per heavy atom. The molecule has 0 amide bonds. The van der Waals surface area contributed by atoms with Crippen molar-refractivity contribution >= 4 is 20.7 Å². The number of aromatic amines is 1. The number of benzene rings is 2. The van der Waals surface area contributed by atoms with E-state index < -0.39 is 9.84 Å². The number of para-hydroxylation sites is 1. The molecule has 0 aliphatic rings. The Balaban J connectivity index is 1.99. The molecule has 0 aliphatic carbocycles. The van der Waals surface area contributed by atoms with Crippen molar-refractivity contribution in [3.63, 3.8) is 0 Å². The van der Waals surface area contributed by atoms with Gasteiger partial charge in [-0.25, -0.2) is 8.42 Å². The van der Waals surface area contributed by atoms with Crippen molar-refractivity contribution in [3.8, 4) is 0 Å². The van der Waals surface area contributed by atoms with Gasteiger partial charge in [0, 0.05) is 23.1 Å². The molecule has 5 heteroatoms. The molecule has 1 aromatic heterocycles. The van der Waals surface area contributed by atoms with Crippen molar-refractivity contribution in [1.82, 2.24) is 9.88 Å². The first-order valence-electron chi connectivity index (χ1n) is 8.39. The second-order valence-electron chi connectivity index (χ2n) is 6.75. The highest BCUT2D eigenvalue weighted by Gasteiger charge is 2.20. The second kappa shape index (κ2) is 7.02. The van der Waals surface area contributed by atoms with E-state index in [0.717, 1.165) is 40.7 Å². The molecule has 0 spiro atoms. The fourth-order valence-electron chi connectivity index (χ4n) is 3.02. The third-order valence-electron chi connectivity index (χ3n) is 4.43. The predicted octanol–water partition coefficient (Wildman–Crippen LogP) is 3.55. The molecule has 4 nitrogen and oxygen atoms in total. The number of aromatic nitrogens is 1. The summed E-state index contributed by atoms with van der Waals surface area (Å²) < 4.78 is 25.7. The number of sulfone groups is 1. The molecule has 0 fully saturated rings. The zero-order chi connectivity index (χ0) is 18.0. The second-order valence-corrected chi connectivity index (χ2v) is 8.74. The summed E-state index contributed by atoms with van der Waals surface area (Å²) in [5.74, 6) is -0.00645. The van der Waals surface area contributed by atoms with Gasteiger partial charge in [0.2, 0.25) is 0 Å². The third-order valence-corrected chi connectivity index (χ3v) is 6.08. The molecule has 1 heterocycles. The van der Waals surface area contributed by atoms with E-state index >= 15 is 0 Å². The molecule has 3 aromatic rings. The van der Waals surface area contributed by atoms with E-state index in [1.165, 1.54) is 0 Å². The Morgan fingerprint density at radius 3 is 2.36 bits per heavy atom. The van der Waals surface area contributed by atoms with Crippen LogP contribution in [-0.4, -0.2) is 38.9 Å². The largest absolute Gasteiger partial charge is 0.357 e. The fraction of sp³-hybridized carbons (Fsp3) is 0.300. The normalized spacial score (nSPS) is 12.2. The highest BCUT2D eigenvalue weighted by atomic mass is 32.2. The van der Waals surface area contributed by atoms with Gasteiger partial charge in [0.05, 0.1) is 10.6 Å². The quantitative estimate of drug-likeness (QED) is 0.735. The molecule has 0 saturated carbocycles. The third kappa shape index (κ3) is 3.94. The summed E-state index contributed by atoms with van der Waals surface area (Å²) in [7, 11) is 0.667. The summed E-state index contributed by atoms with van der Waals surface area (Å²) >= 11 is 0. The van der Waals surface area contributed by atoms with E-state index in [4.69, 9.17) is 0 Å². The van der Waals surface area contributed by atoms with Crippen LogP contribution in [0.4, 0.5) is 0 Å². The van der Waals surface area contributed by atoms with Gasteiger partial charge in [-0.05, 0) is 51.2 Å². The summed E-state index contributed by atoms with van der Waals surface area (Å²) in [4.78, 5) is 5.81. The van der Waals surface area contributed by atoms with Crippen molar-refractivity contribution in [3.05, 3.63) is 65.4 Å². The molecule has 0 bridgehead atoms. The minimum atomic E-state index is -3.38. The summed E-state index contributed by atoms with van der Waals surface area (Å²) in [5.41, 5.74) is 3.94. The van der Waals surface area contributed by atoms with Crippen molar-refractivity contribution in [2.75, 3.05) is 20.6 Å². The maximum absolute atomic E-state index is 12.8. The van der Waals surface area contributed by atoms with Crippen LogP contribution in [0.25, 0.3) is 10.9 Å². The Kier molecular flexibility index (Phi) is 4.97. The van der Waals surface area contributed by atoms with Crippen molar-refractivity contribution in [2.24, 2.45) is 0 Å². The van der Waals surface area contributed by atoms with E-state index in [1.807, 2.05) is 51.4 Å². The van der Waals surface area contributed by atoms with Gasteiger partial charge in [-0.2, -0.15) is 0 Å². The Bertz CT molecular complexity index is 971. The average Bonchev–Trinajstić information content (AvgIpc) is 2.89. The van der Waals surface area contributed by atoms with E-state index in [2.05, 4.69) is 16.0 Å². The van der Waals surface area contributed by atoms with Crippen LogP contribution in [0.15, 0.2) is 53.4 Å². The molecule has 0 atom stereocenters. The molecule has 0 radical (unpaired) electrons. The van der Waals surface area contributed by atoms with Gasteiger partial charge >= 0.3 is 0 Å². The SMILES string of the molecule is Cc1ccc(S(=O)(=O)Cc2[nH]c3ccccc3c2CCN(C)C)cc1. The molecule has 132 valence electrons. The van der Waals surface area contributed by atoms with E-state index in [-0.39, 0.29) is 5.75 Å². The van der Waals surface area contributed by atoms with Crippen LogP contribution in [0.5, 0.6) is 0 Å². The zero-order valence-electron chi connectivity index (χ0n) is 14.9. The van der Waals surface area contributed by atoms with Crippen LogP contribution in [-0.2, 0) is 22.0 Å². The van der Waals surface area contributed by atoms with Crippen LogP contribution in [0.2, 0.25) is 0 Å². The number of hydrogen-bond donors (Lipinski definition) is 1. The maximum Gasteiger partial charge on any atom is 0.183 e. The zero-order valence-corrected chi connectivity index (χ0v) is 15.7. The van der Waals surface area contributed by atoms with E-state index in [9.17, 15) is 8.42 Å². The molecule has 1 N–H and O–H groups in total. The standard InChI is InChI=1S/C20H24N2O2S/c1-15-8-10-16(11-9-15)25(23,24)14-20-18(12-13-22(2)3)17-6-4-5-7-19(17)21-20/h4-11,21H,12-14H2,1-3H3. The Hall–Kier alpha value is -2.11. The number of rotatable bonds is 6. The molecule has 0 saturated heterocycles. The van der Waals surface area contributed by atoms with Crippen molar-refractivity contribution in [1.29, 1.82) is 0 Å². The fourth-order valence-corrected chi connectivity index (χ4v) is 4.36. The van der Waals surface area contributed by atoms with Gasteiger partial charge < -0.3 is 9.88 Å². The molecular weight excluding hydrogens is 332 g/mol. The van der Waals surface area contributed by atoms with Crippen LogP contribution in [0.1, 0.15) is 16.8 Å². The minimum absolute atomic E-state index is 0.00645. The van der Waals surface area contributed by atoms with E-state index in [1.54, 1.807) is 12.1 Å². The van der Waals surface area contributed by atoms with Gasteiger partial charge in [0.1, 0.15) is 0 Å². The first-order chi connectivity index (χ1) is 11.9. The number of fused-ring (bicyclic) bond motifs is 1. The Labute approximate surface area is 149 Å². The first kappa shape index (κ1) is 17.7. The molecule has 0 unspecified atom stereocenters. The number of H-pyrrole nitrogens is 1. The van der Waals surface area contributed by atoms with Crippen LogP contribution in [0, 0.1) is 6.92 Å². The number of aryl methyl sites for hydroxylation is 1. The lowest BCUT2D eigenvalue weighted by molar-refractivity contribution is 0.414. The van der Waals surface area contributed by atoms with Gasteiger partial charge in [-0.1, -0.05) is 35.9 Å². The van der Waals surface area contributed by atoms with Crippen molar-refractivity contribution < 1.29 is 8.42 Å². The first-order valence-corrected chi connectivity index (χ1v) is 10.0. The number of hydrogen-bond acceptors (Lipinski definition) is 3. The van der Waals surface area contributed by atoms with Gasteiger partial charge in [0.15, 0.2) is 9.84 Å². The van der Waals surface area contributed by atoms with Gasteiger partial charge in [0.25, 0.3) is 0 Å². The number of likely N-dealkylation sites (N-methyl/N-ethyl adjacent to an activating group) is 1. The summed E-state index contributed by atoms with van der Waals surface area (Å²) in [6, 6.07) is 15.1. The average molecular weight is 356 g/mol. The molecular formula is C20H24N2O2S. The lowest BCUT2D eigenvalue weighted by atomic mass is 10.1. The highest BCUT2D eigenvalue weighted by molar-refractivity contribution is 7.90. The van der Waals surface area contributed by atoms with Crippen LogP contribution in [0.3, 0.4) is 0 Å². The summed E-state index contributed by atoms with van der Waals surface area (Å²) in [6.45, 7) is 2.83. The predicted molar refractivity (Wildman–Crippen MR) is 103 cm³/mol. The minimum Gasteiger partial charge on any atom is -0.357 e. The van der Waals surface area contributed by atoms with Crippen molar-refractivity contribution in [2.45, 2.75) is 24.0 Å².